The third kappa shape index (κ3) is 3.21. The summed E-state index contributed by atoms with van der Waals surface area (Å²) in [5.74, 6) is -0.447. The Balaban J connectivity index is 2.60. The number of Topliss-reactive ketones (excluding diaryl/α,β-unsaturated/α-hetero) is 2. The molecule has 0 radical (unpaired) electrons. The van der Waals surface area contributed by atoms with E-state index in [4.69, 9.17) is 4.74 Å². The molecule has 0 aliphatic heterocycles. The Hall–Kier alpha value is -1.07. The molecule has 4 nitrogen and oxygen atoms in total. The number of aromatic nitrogens is 1. The quantitative estimate of drug-likeness (QED) is 0.566. The maximum absolute atomic E-state index is 11.6. The standard InChI is InChI=1S/C10H13NO3S/c1-6-5-15-10(11-6)9(13)4-8(12)7(2)14-3/h5,7H,4H2,1-3H3. The van der Waals surface area contributed by atoms with Gasteiger partial charge >= 0.3 is 0 Å². The van der Waals surface area contributed by atoms with Gasteiger partial charge < -0.3 is 4.74 Å². The summed E-state index contributed by atoms with van der Waals surface area (Å²) in [6.45, 7) is 3.44. The molecule has 82 valence electrons. The molecule has 0 aromatic carbocycles. The summed E-state index contributed by atoms with van der Waals surface area (Å²) >= 11 is 1.27. The van der Waals surface area contributed by atoms with Crippen LogP contribution in [0, 0.1) is 6.92 Å². The van der Waals surface area contributed by atoms with Gasteiger partial charge in [-0.2, -0.15) is 0 Å². The van der Waals surface area contributed by atoms with E-state index in [-0.39, 0.29) is 18.0 Å². The first-order valence-electron chi connectivity index (χ1n) is 4.55. The number of hydrogen-bond acceptors (Lipinski definition) is 5. The van der Waals surface area contributed by atoms with Crippen LogP contribution in [0.4, 0.5) is 0 Å². The third-order valence-corrected chi connectivity index (χ3v) is 3.00. The SMILES string of the molecule is COC(C)C(=O)CC(=O)c1nc(C)cs1. The number of ether oxygens (including phenoxy) is 1. The zero-order chi connectivity index (χ0) is 11.4. The second-order valence-electron chi connectivity index (χ2n) is 3.24. The fraction of sp³-hybridized carbons (Fsp3) is 0.500. The van der Waals surface area contributed by atoms with Gasteiger partial charge in [0.2, 0.25) is 0 Å². The van der Waals surface area contributed by atoms with Gasteiger partial charge in [0, 0.05) is 18.2 Å². The highest BCUT2D eigenvalue weighted by atomic mass is 32.1. The molecule has 1 atom stereocenters. The summed E-state index contributed by atoms with van der Waals surface area (Å²) in [5.41, 5.74) is 0.801. The highest BCUT2D eigenvalue weighted by molar-refractivity contribution is 7.11. The normalized spacial score (nSPS) is 12.5. The molecular formula is C10H13NO3S. The smallest absolute Gasteiger partial charge is 0.198 e. The van der Waals surface area contributed by atoms with Crippen LogP contribution in [0.15, 0.2) is 5.38 Å². The average molecular weight is 227 g/mol. The van der Waals surface area contributed by atoms with Crippen molar-refractivity contribution in [2.24, 2.45) is 0 Å². The predicted molar refractivity (Wildman–Crippen MR) is 57.3 cm³/mol. The van der Waals surface area contributed by atoms with Crippen LogP contribution in [0.2, 0.25) is 0 Å². The van der Waals surface area contributed by atoms with Gasteiger partial charge in [0.1, 0.15) is 6.10 Å². The fourth-order valence-corrected chi connectivity index (χ4v) is 1.73. The molecular weight excluding hydrogens is 214 g/mol. The van der Waals surface area contributed by atoms with E-state index >= 15 is 0 Å². The minimum atomic E-state index is -0.532. The topological polar surface area (TPSA) is 56.3 Å². The zero-order valence-corrected chi connectivity index (χ0v) is 9.76. The molecule has 0 fully saturated rings. The number of carbonyl (C=O) groups excluding carboxylic acids is 2. The van der Waals surface area contributed by atoms with Gasteiger partial charge in [0.15, 0.2) is 16.6 Å². The van der Waals surface area contributed by atoms with Gasteiger partial charge in [-0.05, 0) is 13.8 Å². The van der Waals surface area contributed by atoms with E-state index in [1.54, 1.807) is 12.3 Å². The predicted octanol–water partition coefficient (Wildman–Crippen LogP) is 1.63. The molecule has 1 unspecified atom stereocenters. The summed E-state index contributed by atoms with van der Waals surface area (Å²) in [7, 11) is 1.45. The minimum absolute atomic E-state index is 0.137. The van der Waals surface area contributed by atoms with E-state index in [1.165, 1.54) is 18.4 Å². The van der Waals surface area contributed by atoms with Crippen LogP contribution >= 0.6 is 11.3 Å². The number of ketones is 2. The Morgan fingerprint density at radius 1 is 1.60 bits per heavy atom. The number of aryl methyl sites for hydroxylation is 1. The van der Waals surface area contributed by atoms with Crippen molar-refractivity contribution in [3.63, 3.8) is 0 Å². The van der Waals surface area contributed by atoms with Crippen LogP contribution in [-0.4, -0.2) is 29.8 Å². The summed E-state index contributed by atoms with van der Waals surface area (Å²) in [6, 6.07) is 0. The average Bonchev–Trinajstić information content (AvgIpc) is 2.63. The van der Waals surface area contributed by atoms with Crippen LogP contribution in [0.25, 0.3) is 0 Å². The van der Waals surface area contributed by atoms with Crippen molar-refractivity contribution in [3.8, 4) is 0 Å². The summed E-state index contributed by atoms with van der Waals surface area (Å²) < 4.78 is 4.84. The Morgan fingerprint density at radius 2 is 2.27 bits per heavy atom. The Bertz CT molecular complexity index is 372. The number of carbonyl (C=O) groups is 2. The first-order chi connectivity index (χ1) is 7.04. The van der Waals surface area contributed by atoms with Crippen LogP contribution in [0.5, 0.6) is 0 Å². The molecule has 0 N–H and O–H groups in total. The molecule has 0 saturated carbocycles. The lowest BCUT2D eigenvalue weighted by atomic mass is 10.1. The van der Waals surface area contributed by atoms with Gasteiger partial charge in [-0.25, -0.2) is 4.98 Å². The van der Waals surface area contributed by atoms with Crippen molar-refractivity contribution >= 4 is 22.9 Å². The molecule has 5 heteroatoms. The van der Waals surface area contributed by atoms with Gasteiger partial charge in [-0.1, -0.05) is 0 Å². The van der Waals surface area contributed by atoms with Gasteiger partial charge in [-0.3, -0.25) is 9.59 Å². The Morgan fingerprint density at radius 3 is 2.73 bits per heavy atom. The number of methoxy groups -OCH3 is 1. The van der Waals surface area contributed by atoms with Crippen molar-refractivity contribution in [1.82, 2.24) is 4.98 Å². The first kappa shape index (κ1) is 12.0. The summed E-state index contributed by atoms with van der Waals surface area (Å²) in [6.07, 6.45) is -0.669. The largest absolute Gasteiger partial charge is 0.374 e. The number of hydrogen-bond donors (Lipinski definition) is 0. The molecule has 1 aromatic heterocycles. The summed E-state index contributed by atoms with van der Waals surface area (Å²) in [5, 5.41) is 2.18. The van der Waals surface area contributed by atoms with Crippen molar-refractivity contribution < 1.29 is 14.3 Å². The lowest BCUT2D eigenvalue weighted by Crippen LogP contribution is -2.22. The second-order valence-corrected chi connectivity index (χ2v) is 4.10. The molecule has 0 aliphatic carbocycles. The number of nitrogens with zero attached hydrogens (tertiary/aromatic N) is 1. The molecule has 0 bridgehead atoms. The van der Waals surface area contributed by atoms with Crippen molar-refractivity contribution in [2.75, 3.05) is 7.11 Å². The molecule has 0 spiro atoms. The highest BCUT2D eigenvalue weighted by Crippen LogP contribution is 2.12. The highest BCUT2D eigenvalue weighted by Gasteiger charge is 2.19. The molecule has 0 amide bonds. The number of thiazole rings is 1. The van der Waals surface area contributed by atoms with Crippen molar-refractivity contribution in [3.05, 3.63) is 16.1 Å². The van der Waals surface area contributed by atoms with E-state index in [0.717, 1.165) is 5.69 Å². The lowest BCUT2D eigenvalue weighted by molar-refractivity contribution is -0.126. The van der Waals surface area contributed by atoms with Gasteiger partial charge in [0.25, 0.3) is 0 Å². The third-order valence-electron chi connectivity index (χ3n) is 2.00. The maximum Gasteiger partial charge on any atom is 0.198 e. The van der Waals surface area contributed by atoms with Crippen LogP contribution < -0.4 is 0 Å². The van der Waals surface area contributed by atoms with E-state index < -0.39 is 6.10 Å². The maximum atomic E-state index is 11.6. The van der Waals surface area contributed by atoms with E-state index in [2.05, 4.69) is 4.98 Å². The van der Waals surface area contributed by atoms with Crippen molar-refractivity contribution in [1.29, 1.82) is 0 Å². The van der Waals surface area contributed by atoms with Crippen LogP contribution in [-0.2, 0) is 9.53 Å². The first-order valence-corrected chi connectivity index (χ1v) is 5.43. The van der Waals surface area contributed by atoms with E-state index in [1.807, 2.05) is 6.92 Å². The van der Waals surface area contributed by atoms with Crippen LogP contribution in [0.3, 0.4) is 0 Å². The Kier molecular flexibility index (Phi) is 4.11. The number of rotatable bonds is 5. The molecule has 1 aromatic rings. The van der Waals surface area contributed by atoms with Gasteiger partial charge in [0.05, 0.1) is 6.42 Å². The van der Waals surface area contributed by atoms with E-state index in [0.29, 0.717) is 5.01 Å². The molecule has 1 heterocycles. The lowest BCUT2D eigenvalue weighted by Gasteiger charge is -2.05. The molecule has 0 saturated heterocycles. The van der Waals surface area contributed by atoms with E-state index in [9.17, 15) is 9.59 Å². The Labute approximate surface area is 92.3 Å². The molecule has 15 heavy (non-hydrogen) atoms. The molecule has 1 rings (SSSR count). The van der Waals surface area contributed by atoms with Crippen molar-refractivity contribution in [2.45, 2.75) is 26.4 Å². The summed E-state index contributed by atoms with van der Waals surface area (Å²) in [4.78, 5) is 27.0. The molecule has 0 aliphatic rings. The van der Waals surface area contributed by atoms with Crippen LogP contribution in [0.1, 0.15) is 28.8 Å². The fourth-order valence-electron chi connectivity index (χ4n) is 0.991. The van der Waals surface area contributed by atoms with Gasteiger partial charge in [-0.15, -0.1) is 11.3 Å². The second kappa shape index (κ2) is 5.14. The monoisotopic (exact) mass is 227 g/mol. The zero-order valence-electron chi connectivity index (χ0n) is 8.94. The minimum Gasteiger partial charge on any atom is -0.374 e.